The molecule has 0 radical (unpaired) electrons. The van der Waals surface area contributed by atoms with Gasteiger partial charge < -0.3 is 109 Å². The maximum Gasteiger partial charge on any atom is 0.330 e. The summed E-state index contributed by atoms with van der Waals surface area (Å²) in [7, 11) is 0. The molecule has 65 heavy (non-hydrogen) atoms. The lowest BCUT2D eigenvalue weighted by molar-refractivity contribution is -0.364. The summed E-state index contributed by atoms with van der Waals surface area (Å²) in [5.41, 5.74) is 0.571. The van der Waals surface area contributed by atoms with Crippen molar-refractivity contribution < 1.29 is 114 Å². The average Bonchev–Trinajstić information content (AvgIpc) is 3.29. The van der Waals surface area contributed by atoms with E-state index in [1.807, 2.05) is 0 Å². The number of aliphatic hydroxyl groups excluding tert-OH is 10. The molecule has 354 valence electrons. The summed E-state index contributed by atoms with van der Waals surface area (Å²) in [6.07, 6.45) is -24.9. The van der Waals surface area contributed by atoms with E-state index < -0.39 is 141 Å². The van der Waals surface area contributed by atoms with Crippen LogP contribution in [0.15, 0.2) is 66.4 Å². The third kappa shape index (κ3) is 10.2. The van der Waals surface area contributed by atoms with Crippen molar-refractivity contribution in [2.45, 2.75) is 98.2 Å². The zero-order chi connectivity index (χ0) is 46.9. The van der Waals surface area contributed by atoms with E-state index in [-0.39, 0.29) is 28.6 Å². The van der Waals surface area contributed by atoms with E-state index in [0.717, 1.165) is 12.1 Å². The number of phenolic OH excluding ortho intramolecular Hbond substituents is 4. The Balaban J connectivity index is 1.23. The van der Waals surface area contributed by atoms with E-state index in [1.165, 1.54) is 60.7 Å². The van der Waals surface area contributed by atoms with Crippen LogP contribution >= 0.6 is 0 Å². The van der Waals surface area contributed by atoms with Crippen LogP contribution in [0.5, 0.6) is 34.5 Å². The highest BCUT2D eigenvalue weighted by Gasteiger charge is 2.52. The number of hydrogen-bond acceptors (Lipinski definition) is 23. The molecule has 3 aromatic carbocycles. The van der Waals surface area contributed by atoms with Crippen molar-refractivity contribution in [3.8, 4) is 34.5 Å². The van der Waals surface area contributed by atoms with Gasteiger partial charge in [-0.15, -0.1) is 0 Å². The maximum atomic E-state index is 12.8. The van der Waals surface area contributed by atoms with Crippen molar-refractivity contribution >= 4 is 18.1 Å². The van der Waals surface area contributed by atoms with Crippen LogP contribution in [-0.2, 0) is 33.2 Å². The number of rotatable bonds is 13. The molecule has 4 aliphatic heterocycles. The standard InChI is InChI=1S/C42H48O23/c43-13-26-30(50)33(53)36(56)40(62-26)60-24-11-19(46)10-23-20(24)12-25(38(59-23)17-3-5-18(45)6-4-17)61-42-39(65-41-37(57)34(54)31(51)27(14-44)63-41)35(55)32(52)28(64-42)15-58-29(49)8-2-16-1-7-21(47)22(48)9-16/h1-12,26-28,30-48,50-57H,13-15H2. The van der Waals surface area contributed by atoms with Crippen molar-refractivity contribution in [1.82, 2.24) is 0 Å². The van der Waals surface area contributed by atoms with Crippen molar-refractivity contribution in [2.24, 2.45) is 0 Å². The molecule has 0 spiro atoms. The zero-order valence-electron chi connectivity index (χ0n) is 33.7. The van der Waals surface area contributed by atoms with E-state index in [2.05, 4.69) is 0 Å². The van der Waals surface area contributed by atoms with Gasteiger partial charge in [-0.2, -0.15) is 0 Å². The topological polar surface area (TPSA) is 374 Å². The number of benzene rings is 3. The Morgan fingerprint density at radius 1 is 0.615 bits per heavy atom. The highest BCUT2D eigenvalue weighted by atomic mass is 16.8. The molecule has 0 bridgehead atoms. The summed E-state index contributed by atoms with van der Waals surface area (Å²) >= 11 is 0. The highest BCUT2D eigenvalue weighted by molar-refractivity contribution is 5.87. The molecule has 0 aromatic heterocycles. The van der Waals surface area contributed by atoms with Crippen molar-refractivity contribution in [1.29, 1.82) is 0 Å². The lowest BCUT2D eigenvalue weighted by Crippen LogP contribution is -2.64. The monoisotopic (exact) mass is 920 g/mol. The van der Waals surface area contributed by atoms with Gasteiger partial charge >= 0.3 is 5.97 Å². The smallest absolute Gasteiger partial charge is 0.330 e. The molecule has 3 aromatic rings. The van der Waals surface area contributed by atoms with Gasteiger partial charge in [0.15, 0.2) is 30.0 Å². The first kappa shape index (κ1) is 47.6. The van der Waals surface area contributed by atoms with Crippen LogP contribution in [0.1, 0.15) is 22.8 Å². The number of hydrogen-bond donors (Lipinski definition) is 14. The molecule has 3 fully saturated rings. The lowest BCUT2D eigenvalue weighted by Gasteiger charge is -2.46. The molecule has 7 rings (SSSR count). The van der Waals surface area contributed by atoms with Gasteiger partial charge in [-0.05, 0) is 42.0 Å². The first-order chi connectivity index (χ1) is 31.0. The van der Waals surface area contributed by atoms with Crippen LogP contribution in [0.2, 0.25) is 0 Å². The van der Waals surface area contributed by atoms with Gasteiger partial charge in [0.25, 0.3) is 0 Å². The Morgan fingerprint density at radius 2 is 1.23 bits per heavy atom. The Bertz CT molecular complexity index is 2180. The molecule has 23 nitrogen and oxygen atoms in total. The third-order valence-corrected chi connectivity index (χ3v) is 11.0. The molecule has 3 saturated heterocycles. The Hall–Kier alpha value is -5.35. The number of phenols is 4. The SMILES string of the molecule is O=C(C=Cc1ccc(O)c(O)c1)OCC1OC(OC2=Cc3c(cc(O)cc3OC3OC(CO)C(O)C(O)C3O)OC2c2ccc(O)cc2)C(OC2OC(CO)C(O)C(O)C2O)C(O)C1O. The first-order valence-electron chi connectivity index (χ1n) is 20.0. The van der Waals surface area contributed by atoms with Crippen LogP contribution in [-0.4, -0.2) is 189 Å². The van der Waals surface area contributed by atoms with E-state index >= 15 is 0 Å². The molecule has 4 aliphatic rings. The molecule has 0 amide bonds. The first-order valence-corrected chi connectivity index (χ1v) is 20.0. The predicted octanol–water partition coefficient (Wildman–Crippen LogP) is -2.93. The second-order valence-electron chi connectivity index (χ2n) is 15.5. The second kappa shape index (κ2) is 20.0. The predicted molar refractivity (Wildman–Crippen MR) is 212 cm³/mol. The second-order valence-corrected chi connectivity index (χ2v) is 15.5. The molecule has 0 saturated carbocycles. The fraction of sp³-hybridized carbons (Fsp3) is 0.452. The minimum Gasteiger partial charge on any atom is -0.508 e. The Kier molecular flexibility index (Phi) is 14.7. The van der Waals surface area contributed by atoms with Crippen LogP contribution in [0.4, 0.5) is 0 Å². The largest absolute Gasteiger partial charge is 0.508 e. The minimum atomic E-state index is -2.05. The van der Waals surface area contributed by atoms with Crippen LogP contribution in [0, 0.1) is 0 Å². The fourth-order valence-electron chi connectivity index (χ4n) is 7.37. The normalized spacial score (nSPS) is 34.8. The number of fused-ring (bicyclic) bond motifs is 1. The van der Waals surface area contributed by atoms with E-state index in [9.17, 15) is 76.3 Å². The molecule has 23 heteroatoms. The summed E-state index contributed by atoms with van der Waals surface area (Å²) in [4.78, 5) is 12.8. The van der Waals surface area contributed by atoms with Crippen LogP contribution in [0.25, 0.3) is 12.2 Å². The van der Waals surface area contributed by atoms with Gasteiger partial charge in [-0.1, -0.05) is 18.2 Å². The van der Waals surface area contributed by atoms with Crippen molar-refractivity contribution in [2.75, 3.05) is 19.8 Å². The summed E-state index contributed by atoms with van der Waals surface area (Å²) in [6, 6.07) is 11.5. The average molecular weight is 921 g/mol. The van der Waals surface area contributed by atoms with Gasteiger partial charge in [0.05, 0.1) is 18.8 Å². The third-order valence-electron chi connectivity index (χ3n) is 11.0. The molecule has 4 heterocycles. The van der Waals surface area contributed by atoms with Crippen molar-refractivity contribution in [3.63, 3.8) is 0 Å². The Labute approximate surface area is 367 Å². The van der Waals surface area contributed by atoms with E-state index in [4.69, 9.17) is 37.9 Å². The molecular formula is C42H48O23. The molecule has 14 N–H and O–H groups in total. The van der Waals surface area contributed by atoms with Gasteiger partial charge in [-0.25, -0.2) is 4.79 Å². The molecular weight excluding hydrogens is 872 g/mol. The molecule has 16 atom stereocenters. The lowest BCUT2D eigenvalue weighted by atomic mass is 9.97. The molecule has 16 unspecified atom stereocenters. The highest BCUT2D eigenvalue weighted by Crippen LogP contribution is 2.46. The quantitative estimate of drug-likeness (QED) is 0.0463. The van der Waals surface area contributed by atoms with Gasteiger partial charge in [0.1, 0.15) is 103 Å². The fourth-order valence-corrected chi connectivity index (χ4v) is 7.37. The van der Waals surface area contributed by atoms with Crippen molar-refractivity contribution in [3.05, 3.63) is 83.1 Å². The number of aliphatic hydroxyl groups is 10. The number of carbonyl (C=O) groups is 1. The van der Waals surface area contributed by atoms with Gasteiger partial charge in [0.2, 0.25) is 12.6 Å². The number of aromatic hydroxyl groups is 4. The number of esters is 1. The summed E-state index contributed by atoms with van der Waals surface area (Å²) in [6.45, 7) is -2.38. The van der Waals surface area contributed by atoms with Gasteiger partial charge in [0, 0.05) is 23.8 Å². The molecule has 0 aliphatic carbocycles. The van der Waals surface area contributed by atoms with Crippen LogP contribution < -0.4 is 9.47 Å². The summed E-state index contributed by atoms with van der Waals surface area (Å²) < 4.78 is 46.8. The number of carbonyl (C=O) groups excluding carboxylic acids is 1. The van der Waals surface area contributed by atoms with Gasteiger partial charge in [-0.3, -0.25) is 0 Å². The zero-order valence-corrected chi connectivity index (χ0v) is 33.7. The summed E-state index contributed by atoms with van der Waals surface area (Å²) in [5.74, 6) is -2.98. The van der Waals surface area contributed by atoms with E-state index in [1.54, 1.807) is 0 Å². The summed E-state index contributed by atoms with van der Waals surface area (Å²) in [5, 5.41) is 146. The minimum absolute atomic E-state index is 0.0215. The van der Waals surface area contributed by atoms with Crippen LogP contribution in [0.3, 0.4) is 0 Å². The maximum absolute atomic E-state index is 12.8. The Morgan fingerprint density at radius 3 is 1.88 bits per heavy atom. The number of ether oxygens (including phenoxy) is 8. The van der Waals surface area contributed by atoms with E-state index in [0.29, 0.717) is 11.1 Å².